The molecule has 0 fully saturated rings. The average Bonchev–Trinajstić information content (AvgIpc) is 2.35. The molecule has 0 saturated heterocycles. The number of benzene rings is 1. The lowest BCUT2D eigenvalue weighted by Crippen LogP contribution is -2.36. The van der Waals surface area contributed by atoms with Crippen molar-refractivity contribution in [1.82, 2.24) is 5.32 Å². The van der Waals surface area contributed by atoms with Crippen LogP contribution in [0.4, 0.5) is 0 Å². The van der Waals surface area contributed by atoms with Crippen LogP contribution in [0.25, 0.3) is 0 Å². The summed E-state index contributed by atoms with van der Waals surface area (Å²) in [5, 5.41) is 4.30. The standard InChI is InChI=1S/C15H24ClNO/c1-5-13(6-2)17-10-12(4)18-14-7-8-15(16)11(3)9-14/h7-9,12-13,17H,5-6,10H2,1-4H3. The molecule has 0 aromatic heterocycles. The molecule has 0 heterocycles. The Morgan fingerprint density at radius 3 is 2.50 bits per heavy atom. The maximum absolute atomic E-state index is 5.99. The quantitative estimate of drug-likeness (QED) is 0.801. The molecule has 0 amide bonds. The zero-order valence-electron chi connectivity index (χ0n) is 11.8. The number of hydrogen-bond acceptors (Lipinski definition) is 2. The van der Waals surface area contributed by atoms with Crippen molar-refractivity contribution in [2.24, 2.45) is 0 Å². The van der Waals surface area contributed by atoms with Crippen molar-refractivity contribution in [3.63, 3.8) is 0 Å². The van der Waals surface area contributed by atoms with Crippen LogP contribution in [0, 0.1) is 6.92 Å². The van der Waals surface area contributed by atoms with Gasteiger partial charge in [-0.25, -0.2) is 0 Å². The number of ether oxygens (including phenoxy) is 1. The number of hydrogen-bond donors (Lipinski definition) is 1. The molecule has 0 aliphatic rings. The first kappa shape index (κ1) is 15.3. The summed E-state index contributed by atoms with van der Waals surface area (Å²) >= 11 is 5.99. The lowest BCUT2D eigenvalue weighted by molar-refractivity contribution is 0.210. The molecular formula is C15H24ClNO. The predicted molar refractivity (Wildman–Crippen MR) is 78.7 cm³/mol. The van der Waals surface area contributed by atoms with E-state index >= 15 is 0 Å². The van der Waals surface area contributed by atoms with E-state index < -0.39 is 0 Å². The molecule has 2 nitrogen and oxygen atoms in total. The normalized spacial score (nSPS) is 12.8. The third-order valence-corrected chi connectivity index (χ3v) is 3.57. The molecule has 0 bridgehead atoms. The third-order valence-electron chi connectivity index (χ3n) is 3.15. The van der Waals surface area contributed by atoms with Crippen molar-refractivity contribution in [3.05, 3.63) is 28.8 Å². The van der Waals surface area contributed by atoms with Gasteiger partial charge in [-0.05, 0) is 50.5 Å². The Labute approximate surface area is 116 Å². The molecule has 0 spiro atoms. The summed E-state index contributed by atoms with van der Waals surface area (Å²) in [6.07, 6.45) is 2.47. The van der Waals surface area contributed by atoms with Gasteiger partial charge in [0.05, 0.1) is 0 Å². The maximum atomic E-state index is 5.99. The Bertz CT molecular complexity index is 364. The third kappa shape index (κ3) is 4.87. The second-order valence-electron chi connectivity index (χ2n) is 4.76. The van der Waals surface area contributed by atoms with Crippen LogP contribution < -0.4 is 10.1 Å². The SMILES string of the molecule is CCC(CC)NCC(C)Oc1ccc(Cl)c(C)c1. The minimum atomic E-state index is 0.158. The molecule has 1 aromatic carbocycles. The van der Waals surface area contributed by atoms with Gasteiger partial charge >= 0.3 is 0 Å². The van der Waals surface area contributed by atoms with Gasteiger partial charge in [0.1, 0.15) is 11.9 Å². The molecule has 1 rings (SSSR count). The van der Waals surface area contributed by atoms with Gasteiger partial charge in [0.2, 0.25) is 0 Å². The number of nitrogens with one attached hydrogen (secondary N) is 1. The molecule has 1 atom stereocenters. The Kier molecular flexibility index (Phi) is 6.51. The van der Waals surface area contributed by atoms with Crippen LogP contribution in [-0.2, 0) is 0 Å². The van der Waals surface area contributed by atoms with Gasteiger partial charge in [0.15, 0.2) is 0 Å². The van der Waals surface area contributed by atoms with E-state index in [2.05, 4.69) is 26.1 Å². The molecule has 0 aliphatic carbocycles. The van der Waals surface area contributed by atoms with E-state index in [0.29, 0.717) is 6.04 Å². The predicted octanol–water partition coefficient (Wildman–Crippen LogP) is 4.19. The highest BCUT2D eigenvalue weighted by Gasteiger charge is 2.08. The molecule has 1 unspecified atom stereocenters. The molecule has 0 saturated carbocycles. The van der Waals surface area contributed by atoms with Crippen molar-refractivity contribution < 1.29 is 4.74 Å². The summed E-state index contributed by atoms with van der Waals surface area (Å²) in [6.45, 7) is 9.35. The summed E-state index contributed by atoms with van der Waals surface area (Å²) in [5.74, 6) is 0.885. The largest absolute Gasteiger partial charge is 0.489 e. The van der Waals surface area contributed by atoms with Crippen LogP contribution in [0.2, 0.25) is 5.02 Å². The van der Waals surface area contributed by atoms with E-state index in [0.717, 1.165) is 35.7 Å². The summed E-state index contributed by atoms with van der Waals surface area (Å²) in [5.41, 5.74) is 1.05. The zero-order valence-corrected chi connectivity index (χ0v) is 12.6. The second-order valence-corrected chi connectivity index (χ2v) is 5.17. The molecule has 3 heteroatoms. The number of rotatable bonds is 7. The smallest absolute Gasteiger partial charge is 0.120 e. The van der Waals surface area contributed by atoms with Crippen molar-refractivity contribution >= 4 is 11.6 Å². The monoisotopic (exact) mass is 269 g/mol. The highest BCUT2D eigenvalue weighted by atomic mass is 35.5. The van der Waals surface area contributed by atoms with E-state index in [-0.39, 0.29) is 6.10 Å². The van der Waals surface area contributed by atoms with Gasteiger partial charge < -0.3 is 10.1 Å². The molecule has 1 aromatic rings. The molecule has 18 heavy (non-hydrogen) atoms. The topological polar surface area (TPSA) is 21.3 Å². The number of aryl methyl sites for hydroxylation is 1. The Morgan fingerprint density at radius 1 is 1.28 bits per heavy atom. The van der Waals surface area contributed by atoms with E-state index in [9.17, 15) is 0 Å². The van der Waals surface area contributed by atoms with Crippen LogP contribution in [0.3, 0.4) is 0 Å². The summed E-state index contributed by atoms with van der Waals surface area (Å²) in [7, 11) is 0. The first-order valence-electron chi connectivity index (χ1n) is 6.73. The van der Waals surface area contributed by atoms with Gasteiger partial charge in [0.25, 0.3) is 0 Å². The molecule has 102 valence electrons. The van der Waals surface area contributed by atoms with E-state index in [1.165, 1.54) is 0 Å². The van der Waals surface area contributed by atoms with Crippen LogP contribution in [0.15, 0.2) is 18.2 Å². The first-order chi connectivity index (χ1) is 8.56. The van der Waals surface area contributed by atoms with Crippen molar-refractivity contribution in [3.8, 4) is 5.75 Å². The van der Waals surface area contributed by atoms with E-state index in [1.807, 2.05) is 25.1 Å². The fraction of sp³-hybridized carbons (Fsp3) is 0.600. The summed E-state index contributed by atoms with van der Waals surface area (Å²) in [6, 6.07) is 6.37. The summed E-state index contributed by atoms with van der Waals surface area (Å²) in [4.78, 5) is 0. The molecule has 0 aliphatic heterocycles. The van der Waals surface area contributed by atoms with Gasteiger partial charge in [-0.1, -0.05) is 25.4 Å². The lowest BCUT2D eigenvalue weighted by Gasteiger charge is -2.20. The maximum Gasteiger partial charge on any atom is 0.120 e. The summed E-state index contributed by atoms with van der Waals surface area (Å²) < 4.78 is 5.87. The minimum absolute atomic E-state index is 0.158. The van der Waals surface area contributed by atoms with E-state index in [4.69, 9.17) is 16.3 Å². The van der Waals surface area contributed by atoms with E-state index in [1.54, 1.807) is 0 Å². The average molecular weight is 270 g/mol. The van der Waals surface area contributed by atoms with Gasteiger partial charge in [-0.15, -0.1) is 0 Å². The van der Waals surface area contributed by atoms with Crippen LogP contribution >= 0.6 is 11.6 Å². The van der Waals surface area contributed by atoms with Crippen molar-refractivity contribution in [2.45, 2.75) is 52.7 Å². The van der Waals surface area contributed by atoms with Crippen LogP contribution in [0.1, 0.15) is 39.2 Å². The van der Waals surface area contributed by atoms with Crippen LogP contribution in [-0.4, -0.2) is 18.7 Å². The van der Waals surface area contributed by atoms with Crippen LogP contribution in [0.5, 0.6) is 5.75 Å². The fourth-order valence-corrected chi connectivity index (χ4v) is 1.99. The molecule has 1 N–H and O–H groups in total. The van der Waals surface area contributed by atoms with Gasteiger partial charge in [0, 0.05) is 17.6 Å². The van der Waals surface area contributed by atoms with Crippen molar-refractivity contribution in [2.75, 3.05) is 6.54 Å². The molecule has 0 radical (unpaired) electrons. The first-order valence-corrected chi connectivity index (χ1v) is 7.10. The Balaban J connectivity index is 2.44. The lowest BCUT2D eigenvalue weighted by atomic mass is 10.1. The zero-order chi connectivity index (χ0) is 13.5. The highest BCUT2D eigenvalue weighted by Crippen LogP contribution is 2.21. The van der Waals surface area contributed by atoms with Gasteiger partial charge in [-0.3, -0.25) is 0 Å². The highest BCUT2D eigenvalue weighted by molar-refractivity contribution is 6.31. The van der Waals surface area contributed by atoms with Gasteiger partial charge in [-0.2, -0.15) is 0 Å². The number of halogens is 1. The molecular weight excluding hydrogens is 246 g/mol. The second kappa shape index (κ2) is 7.65. The fourth-order valence-electron chi connectivity index (χ4n) is 1.87. The Morgan fingerprint density at radius 2 is 1.94 bits per heavy atom. The van der Waals surface area contributed by atoms with Crippen molar-refractivity contribution in [1.29, 1.82) is 0 Å². The minimum Gasteiger partial charge on any atom is -0.489 e. The Hall–Kier alpha value is -0.730.